The third-order valence-electron chi connectivity index (χ3n) is 7.32. The third-order valence-corrected chi connectivity index (χ3v) is 8.49. The number of carboxylic acids is 1. The number of carboxylic acid groups (broad SMARTS) is 1. The first-order valence-electron chi connectivity index (χ1n) is 13.3. The van der Waals surface area contributed by atoms with Gasteiger partial charge in [0.1, 0.15) is 0 Å². The van der Waals surface area contributed by atoms with E-state index in [0.717, 1.165) is 33.4 Å². The minimum absolute atomic E-state index is 0.000933. The van der Waals surface area contributed by atoms with Crippen LogP contribution in [0, 0.1) is 5.92 Å². The standard InChI is InChI=1S/C33H33NO5S/c1-21-29(20-40-30-8-3-2-7-28(30)32(36)37)38-33(39-31(21)25-11-9-22(19-35)10-12-25)26-15-13-24(14-16-26)27-6-4-5-23(17-27)18-34/h2-17,21,29,31,33,35H,18-20,34H2,1H3,(H,36,37)/t21-,29+,31+,33+/m1/s1. The lowest BCUT2D eigenvalue weighted by atomic mass is 9.91. The molecule has 6 nitrogen and oxygen atoms in total. The molecule has 206 valence electrons. The second-order valence-electron chi connectivity index (χ2n) is 9.96. The zero-order valence-corrected chi connectivity index (χ0v) is 23.1. The Bertz CT molecular complexity index is 1440. The van der Waals surface area contributed by atoms with Crippen molar-refractivity contribution in [1.29, 1.82) is 0 Å². The van der Waals surface area contributed by atoms with Crippen LogP contribution < -0.4 is 5.73 Å². The number of ether oxygens (including phenoxy) is 2. The number of thioether (sulfide) groups is 1. The molecule has 5 rings (SSSR count). The van der Waals surface area contributed by atoms with Crippen LogP contribution in [0.25, 0.3) is 11.1 Å². The van der Waals surface area contributed by atoms with E-state index < -0.39 is 12.3 Å². The van der Waals surface area contributed by atoms with Gasteiger partial charge in [-0.3, -0.25) is 0 Å². The summed E-state index contributed by atoms with van der Waals surface area (Å²) in [7, 11) is 0. The van der Waals surface area contributed by atoms with Gasteiger partial charge in [-0.15, -0.1) is 11.8 Å². The lowest BCUT2D eigenvalue weighted by Gasteiger charge is -2.41. The van der Waals surface area contributed by atoms with Crippen molar-refractivity contribution in [1.82, 2.24) is 0 Å². The van der Waals surface area contributed by atoms with Gasteiger partial charge in [0, 0.05) is 28.7 Å². The summed E-state index contributed by atoms with van der Waals surface area (Å²) in [5.74, 6) is -0.375. The minimum atomic E-state index is -0.944. The first kappa shape index (κ1) is 28.1. The number of nitrogens with two attached hydrogens (primary N) is 1. The summed E-state index contributed by atoms with van der Waals surface area (Å²) in [6.07, 6.45) is -1.04. The largest absolute Gasteiger partial charge is 0.478 e. The van der Waals surface area contributed by atoms with Crippen molar-refractivity contribution in [3.63, 3.8) is 0 Å². The van der Waals surface area contributed by atoms with Crippen LogP contribution in [0.15, 0.2) is 102 Å². The van der Waals surface area contributed by atoms with Crippen molar-refractivity contribution in [2.75, 3.05) is 5.75 Å². The molecule has 1 saturated heterocycles. The molecule has 0 unspecified atom stereocenters. The lowest BCUT2D eigenvalue weighted by Crippen LogP contribution is -2.38. The Balaban J connectivity index is 1.41. The second kappa shape index (κ2) is 12.8. The van der Waals surface area contributed by atoms with E-state index in [1.165, 1.54) is 11.8 Å². The quantitative estimate of drug-likeness (QED) is 0.200. The molecular weight excluding hydrogens is 522 g/mol. The van der Waals surface area contributed by atoms with Crippen LogP contribution in [0.3, 0.4) is 0 Å². The van der Waals surface area contributed by atoms with Gasteiger partial charge in [-0.05, 0) is 46.0 Å². The van der Waals surface area contributed by atoms with Crippen LogP contribution >= 0.6 is 11.8 Å². The molecule has 4 N–H and O–H groups in total. The zero-order chi connectivity index (χ0) is 28.1. The molecule has 1 heterocycles. The fourth-order valence-corrected chi connectivity index (χ4v) is 6.17. The average Bonchev–Trinajstić information content (AvgIpc) is 3.01. The normalized spacial score (nSPS) is 20.8. The van der Waals surface area contributed by atoms with Gasteiger partial charge in [-0.1, -0.05) is 85.8 Å². The highest BCUT2D eigenvalue weighted by molar-refractivity contribution is 7.99. The Kier molecular flexibility index (Phi) is 8.99. The first-order valence-corrected chi connectivity index (χ1v) is 14.3. The molecule has 0 saturated carbocycles. The van der Waals surface area contributed by atoms with E-state index in [1.807, 2.05) is 60.7 Å². The fourth-order valence-electron chi connectivity index (χ4n) is 4.96. The highest BCUT2D eigenvalue weighted by atomic mass is 32.2. The molecule has 0 spiro atoms. The molecule has 7 heteroatoms. The Morgan fingerprint density at radius 1 is 0.850 bits per heavy atom. The molecule has 4 aromatic carbocycles. The van der Waals surface area contributed by atoms with E-state index in [-0.39, 0.29) is 30.3 Å². The minimum Gasteiger partial charge on any atom is -0.478 e. The third kappa shape index (κ3) is 6.30. The monoisotopic (exact) mass is 555 g/mol. The number of aliphatic hydroxyl groups is 1. The van der Waals surface area contributed by atoms with E-state index in [4.69, 9.17) is 15.2 Å². The summed E-state index contributed by atoms with van der Waals surface area (Å²) >= 11 is 1.48. The number of rotatable bonds is 9. The van der Waals surface area contributed by atoms with Gasteiger partial charge >= 0.3 is 5.97 Å². The van der Waals surface area contributed by atoms with Crippen LogP contribution in [0.5, 0.6) is 0 Å². The molecule has 1 aliphatic heterocycles. The maximum Gasteiger partial charge on any atom is 0.336 e. The van der Waals surface area contributed by atoms with Gasteiger partial charge in [0.2, 0.25) is 0 Å². The van der Waals surface area contributed by atoms with Crippen LogP contribution in [0.2, 0.25) is 0 Å². The topological polar surface area (TPSA) is 102 Å². The summed E-state index contributed by atoms with van der Waals surface area (Å²) in [6.45, 7) is 2.57. The van der Waals surface area contributed by atoms with Gasteiger partial charge < -0.3 is 25.4 Å². The highest BCUT2D eigenvalue weighted by Gasteiger charge is 2.38. The van der Waals surface area contributed by atoms with Crippen molar-refractivity contribution in [3.8, 4) is 11.1 Å². The Labute approximate surface area is 238 Å². The summed E-state index contributed by atoms with van der Waals surface area (Å²) in [5, 5.41) is 19.1. The van der Waals surface area contributed by atoms with E-state index in [1.54, 1.807) is 12.1 Å². The number of aromatic carboxylic acids is 1. The number of aliphatic hydroxyl groups excluding tert-OH is 1. The van der Waals surface area contributed by atoms with Crippen molar-refractivity contribution in [2.24, 2.45) is 11.7 Å². The molecule has 0 amide bonds. The zero-order valence-electron chi connectivity index (χ0n) is 22.3. The molecule has 0 bridgehead atoms. The van der Waals surface area contributed by atoms with E-state index in [2.05, 4.69) is 31.2 Å². The second-order valence-corrected chi connectivity index (χ2v) is 11.0. The number of hydrogen-bond acceptors (Lipinski definition) is 6. The van der Waals surface area contributed by atoms with Crippen molar-refractivity contribution in [2.45, 2.75) is 43.5 Å². The Morgan fingerprint density at radius 3 is 2.27 bits per heavy atom. The molecule has 40 heavy (non-hydrogen) atoms. The summed E-state index contributed by atoms with van der Waals surface area (Å²) in [5.41, 5.74) is 12.1. The fraction of sp³-hybridized carbons (Fsp3) is 0.242. The smallest absolute Gasteiger partial charge is 0.336 e. The molecule has 4 aromatic rings. The van der Waals surface area contributed by atoms with Gasteiger partial charge in [0.05, 0.1) is 24.4 Å². The number of hydrogen-bond donors (Lipinski definition) is 3. The first-order chi connectivity index (χ1) is 19.5. The molecule has 4 atom stereocenters. The van der Waals surface area contributed by atoms with Crippen molar-refractivity contribution < 1.29 is 24.5 Å². The molecular formula is C33H33NO5S. The lowest BCUT2D eigenvalue weighted by molar-refractivity contribution is -0.268. The maximum atomic E-state index is 11.7. The average molecular weight is 556 g/mol. The van der Waals surface area contributed by atoms with Gasteiger partial charge in [-0.25, -0.2) is 4.79 Å². The number of carbonyl (C=O) groups is 1. The van der Waals surface area contributed by atoms with Crippen LogP contribution in [-0.4, -0.2) is 28.0 Å². The molecule has 1 fully saturated rings. The summed E-state index contributed by atoms with van der Waals surface area (Å²) < 4.78 is 13.1. The molecule has 1 aliphatic rings. The predicted molar refractivity (Wildman–Crippen MR) is 157 cm³/mol. The number of benzene rings is 4. The molecule has 0 radical (unpaired) electrons. The summed E-state index contributed by atoms with van der Waals surface area (Å²) in [6, 6.07) is 31.2. The van der Waals surface area contributed by atoms with Crippen LogP contribution in [0.4, 0.5) is 0 Å². The van der Waals surface area contributed by atoms with Crippen molar-refractivity contribution >= 4 is 17.7 Å². The Hall–Kier alpha value is -3.46. The van der Waals surface area contributed by atoms with E-state index in [9.17, 15) is 15.0 Å². The highest BCUT2D eigenvalue weighted by Crippen LogP contribution is 2.43. The van der Waals surface area contributed by atoms with Gasteiger partial charge in [-0.2, -0.15) is 0 Å². The molecule has 0 aromatic heterocycles. The maximum absolute atomic E-state index is 11.7. The van der Waals surface area contributed by atoms with Crippen LogP contribution in [0.1, 0.15) is 51.9 Å². The van der Waals surface area contributed by atoms with Gasteiger partial charge in [0.25, 0.3) is 0 Å². The van der Waals surface area contributed by atoms with E-state index in [0.29, 0.717) is 17.2 Å². The SMILES string of the molecule is C[C@@H]1[C@H](CSc2ccccc2C(=O)O)O[C@H](c2ccc(-c3cccc(CN)c3)cc2)O[C@@H]1c1ccc(CO)cc1. The van der Waals surface area contributed by atoms with Crippen LogP contribution in [-0.2, 0) is 22.6 Å². The predicted octanol–water partition coefficient (Wildman–Crippen LogP) is 6.59. The van der Waals surface area contributed by atoms with Gasteiger partial charge in [0.15, 0.2) is 6.29 Å². The van der Waals surface area contributed by atoms with E-state index >= 15 is 0 Å². The van der Waals surface area contributed by atoms with Crippen molar-refractivity contribution in [3.05, 3.63) is 125 Å². The Morgan fingerprint density at radius 2 is 1.57 bits per heavy atom. The summed E-state index contributed by atoms with van der Waals surface area (Å²) in [4.78, 5) is 12.5. The molecule has 0 aliphatic carbocycles.